The van der Waals surface area contributed by atoms with Crippen LogP contribution in [0.2, 0.25) is 0 Å². The minimum atomic E-state index is -1.73. The highest BCUT2D eigenvalue weighted by Crippen LogP contribution is 2.08. The molecule has 15 amide bonds. The first-order valence-electron chi connectivity index (χ1n) is 30.8. The van der Waals surface area contributed by atoms with Crippen LogP contribution >= 0.6 is 0 Å². The largest absolute Gasteiger partial charge is 0.480 e. The number of nitrogens with one attached hydrogen (secondary N) is 15. The van der Waals surface area contributed by atoms with Crippen LogP contribution in [0, 0.1) is 5.92 Å². The number of aliphatic carboxylic acids is 1. The third kappa shape index (κ3) is 41.0. The molecule has 538 valence electrons. The van der Waals surface area contributed by atoms with Gasteiger partial charge in [-0.2, -0.15) is 0 Å². The molecule has 0 aliphatic heterocycles. The van der Waals surface area contributed by atoms with Gasteiger partial charge >= 0.3 is 5.97 Å². The molecule has 0 heterocycles. The molecule has 0 saturated heterocycles. The Morgan fingerprint density at radius 1 is 0.389 bits per heavy atom. The number of hydrogen-bond acceptors (Lipinski definition) is 22. The lowest BCUT2D eigenvalue weighted by Gasteiger charge is -2.24. The van der Waals surface area contributed by atoms with Gasteiger partial charge in [0.25, 0.3) is 0 Å². The molecule has 0 bridgehead atoms. The van der Waals surface area contributed by atoms with Crippen LogP contribution in [0.3, 0.4) is 0 Å². The second-order valence-electron chi connectivity index (χ2n) is 22.0. The number of carbonyl (C=O) groups excluding carboxylic acids is 15. The SMILES string of the molecule is CC(=O)NCCCC[C@H](NC(=O)[C@H](CO)NC(=O)[C@H](CCCN=C(N)N)NC(=O)CNC(=O)[C@@H](N)CO)C(=O)NCC(=O)NCC(=O)N[C@@H](CCCCN)C(=O)NCC(=O)N[C@@H](CC(C)C)C(=O)NCC(=O)N[C@@H](CCCCN)C(=O)NCC(=O)NCC(=O)N[C@@H](C)C(=O)O. The van der Waals surface area contributed by atoms with Gasteiger partial charge in [-0.1, -0.05) is 13.8 Å². The van der Waals surface area contributed by atoms with Gasteiger partial charge in [0.15, 0.2) is 5.96 Å². The average Bonchev–Trinajstić information content (AvgIpc) is 1.15. The van der Waals surface area contributed by atoms with Crippen molar-refractivity contribution in [2.75, 3.05) is 85.2 Å². The normalized spacial score (nSPS) is 13.2. The zero-order valence-corrected chi connectivity index (χ0v) is 54.1. The number of nitrogens with zero attached hydrogens (tertiary/aromatic N) is 1. The van der Waals surface area contributed by atoms with Gasteiger partial charge in [-0.25, -0.2) is 0 Å². The average molecular weight is 1360 g/mol. The highest BCUT2D eigenvalue weighted by molar-refractivity contribution is 5.98. The number of carboxylic acids is 1. The Labute approximate surface area is 548 Å². The predicted octanol–water partition coefficient (Wildman–Crippen LogP) is -11.7. The van der Waals surface area contributed by atoms with E-state index < -0.39 is 196 Å². The molecule has 0 aromatic carbocycles. The summed E-state index contributed by atoms with van der Waals surface area (Å²) in [6.45, 7) is 0.229. The highest BCUT2D eigenvalue weighted by Gasteiger charge is 2.31. The van der Waals surface area contributed by atoms with Crippen molar-refractivity contribution >= 4 is 101 Å². The van der Waals surface area contributed by atoms with Gasteiger partial charge in [-0.15, -0.1) is 0 Å². The van der Waals surface area contributed by atoms with E-state index in [0.717, 1.165) is 0 Å². The summed E-state index contributed by atoms with van der Waals surface area (Å²) < 4.78 is 0. The zero-order chi connectivity index (χ0) is 72.0. The number of carboxylic acid groups (broad SMARTS) is 1. The van der Waals surface area contributed by atoms with Crippen molar-refractivity contribution < 1.29 is 92.0 Å². The third-order valence-electron chi connectivity index (χ3n) is 13.2. The van der Waals surface area contributed by atoms with Crippen molar-refractivity contribution in [1.82, 2.24) is 79.8 Å². The van der Waals surface area contributed by atoms with Crippen molar-refractivity contribution in [2.24, 2.45) is 39.6 Å². The molecule has 40 heteroatoms. The van der Waals surface area contributed by atoms with E-state index in [1.54, 1.807) is 13.8 Å². The lowest BCUT2D eigenvalue weighted by Crippen LogP contribution is -2.58. The van der Waals surface area contributed by atoms with Gasteiger partial charge in [-0.05, 0) is 103 Å². The van der Waals surface area contributed by atoms with E-state index in [4.69, 9.17) is 38.9 Å². The molecule has 0 saturated carbocycles. The van der Waals surface area contributed by atoms with E-state index in [2.05, 4.69) is 84.7 Å². The number of rotatable bonds is 50. The summed E-state index contributed by atoms with van der Waals surface area (Å²) in [4.78, 5) is 208. The Bertz CT molecular complexity index is 2590. The smallest absolute Gasteiger partial charge is 0.325 e. The fraction of sp³-hybridized carbons (Fsp3) is 0.691. The summed E-state index contributed by atoms with van der Waals surface area (Å²) in [5.41, 5.74) is 27.4. The van der Waals surface area contributed by atoms with E-state index in [1.165, 1.54) is 13.8 Å². The maximum absolute atomic E-state index is 13.6. The van der Waals surface area contributed by atoms with Crippen molar-refractivity contribution in [2.45, 2.75) is 153 Å². The van der Waals surface area contributed by atoms with Crippen LogP contribution in [0.25, 0.3) is 0 Å². The lowest BCUT2D eigenvalue weighted by molar-refractivity contribution is -0.141. The monoisotopic (exact) mass is 1360 g/mol. The van der Waals surface area contributed by atoms with E-state index in [0.29, 0.717) is 32.1 Å². The second-order valence-corrected chi connectivity index (χ2v) is 22.0. The predicted molar refractivity (Wildman–Crippen MR) is 338 cm³/mol. The molecule has 0 fully saturated rings. The Morgan fingerprint density at radius 3 is 1.14 bits per heavy atom. The Morgan fingerprint density at radius 2 is 0.737 bits per heavy atom. The summed E-state index contributed by atoms with van der Waals surface area (Å²) in [5.74, 6) is -14.3. The number of aliphatic hydroxyl groups excluding tert-OH is 2. The third-order valence-corrected chi connectivity index (χ3v) is 13.2. The zero-order valence-electron chi connectivity index (χ0n) is 54.1. The number of nitrogens with two attached hydrogens (primary N) is 5. The summed E-state index contributed by atoms with van der Waals surface area (Å²) in [5, 5.41) is 63.6. The first-order valence-corrected chi connectivity index (χ1v) is 30.8. The minimum Gasteiger partial charge on any atom is -0.480 e. The van der Waals surface area contributed by atoms with Crippen LogP contribution in [0.15, 0.2) is 4.99 Å². The molecular formula is C55H99N21O19. The summed E-state index contributed by atoms with van der Waals surface area (Å²) in [7, 11) is 0. The number of carbonyl (C=O) groups is 16. The number of unbranched alkanes of at least 4 members (excludes halogenated alkanes) is 3. The van der Waals surface area contributed by atoms with Crippen LogP contribution < -0.4 is 108 Å². The molecule has 0 spiro atoms. The number of amides is 15. The first-order chi connectivity index (χ1) is 44.9. The summed E-state index contributed by atoms with van der Waals surface area (Å²) in [6, 6.07) is -10.8. The van der Waals surface area contributed by atoms with Gasteiger partial charge < -0.3 is 124 Å². The Kier molecular flexibility index (Phi) is 44.3. The van der Waals surface area contributed by atoms with Crippen molar-refractivity contribution in [3.63, 3.8) is 0 Å². The molecule has 0 aliphatic rings. The summed E-state index contributed by atoms with van der Waals surface area (Å²) in [6.07, 6.45) is 2.15. The van der Waals surface area contributed by atoms with Crippen molar-refractivity contribution in [1.29, 1.82) is 0 Å². The van der Waals surface area contributed by atoms with E-state index >= 15 is 0 Å². The number of hydrogen-bond donors (Lipinski definition) is 23. The minimum absolute atomic E-state index is 0.00990. The van der Waals surface area contributed by atoms with E-state index in [1.807, 2.05) is 0 Å². The van der Waals surface area contributed by atoms with Gasteiger partial charge in [-0.3, -0.25) is 81.7 Å². The first kappa shape index (κ1) is 85.6. The van der Waals surface area contributed by atoms with Gasteiger partial charge in [0.05, 0.1) is 59.0 Å². The van der Waals surface area contributed by atoms with Crippen LogP contribution in [-0.4, -0.2) is 249 Å². The topological polar surface area (TPSA) is 657 Å². The molecular weight excluding hydrogens is 1260 g/mol. The number of guanidine groups is 1. The molecule has 0 aromatic rings. The van der Waals surface area contributed by atoms with Gasteiger partial charge in [0, 0.05) is 20.0 Å². The maximum atomic E-state index is 13.6. The Balaban J connectivity index is 5.84. The van der Waals surface area contributed by atoms with Crippen LogP contribution in [0.4, 0.5) is 0 Å². The van der Waals surface area contributed by atoms with Gasteiger partial charge in [0.2, 0.25) is 88.6 Å². The maximum Gasteiger partial charge on any atom is 0.325 e. The molecule has 0 aromatic heterocycles. The number of aliphatic hydroxyl groups is 2. The van der Waals surface area contributed by atoms with E-state index in [-0.39, 0.29) is 88.9 Å². The fourth-order valence-corrected chi connectivity index (χ4v) is 8.11. The fourth-order valence-electron chi connectivity index (χ4n) is 8.11. The van der Waals surface area contributed by atoms with Crippen molar-refractivity contribution in [3.8, 4) is 0 Å². The quantitative estimate of drug-likeness (QED) is 0.0153. The second kappa shape index (κ2) is 49.2. The lowest BCUT2D eigenvalue weighted by atomic mass is 10.0. The number of aliphatic imine (C=N–C) groups is 1. The standard InChI is InChI=1S/C55H99N21O19/c1-30(2)20-38(51(91)69-26-45(85)72-34(12-5-8-16-56)48(88)66-21-40(80)63-23-42(82)70-31(3)54(94)95)74-46(86)27-68-49(89)35(13-6-9-17-57)71-43(83)24-64-41(81)22-67-50(90)36(14-7-10-18-61-32(4)79)75-53(93)39(29-78)76-52(92)37(15-11-19-62-55(59)60)73-44(84)25-65-47(87)33(58)28-77/h30-31,33-39,77-78H,5-29,56-58H2,1-4H3,(H,61,79)(H,63,80)(H,64,81)(H,65,87)(H,66,88)(H,67,90)(H,68,89)(H,69,91)(H,70,82)(H,71,83)(H,72,85)(H,73,84)(H,74,86)(H,75,93)(H,76,92)(H,94,95)(H4,59,60,62)/t31-,33-,34-,35-,36-,37-,38-,39-/m0/s1. The van der Waals surface area contributed by atoms with Crippen molar-refractivity contribution in [3.05, 3.63) is 0 Å². The molecule has 0 unspecified atom stereocenters. The molecule has 0 rings (SSSR count). The molecule has 95 heavy (non-hydrogen) atoms. The van der Waals surface area contributed by atoms with Crippen LogP contribution in [0.1, 0.15) is 105 Å². The van der Waals surface area contributed by atoms with Crippen LogP contribution in [-0.2, 0) is 76.7 Å². The highest BCUT2D eigenvalue weighted by atomic mass is 16.4. The molecule has 0 radical (unpaired) electrons. The molecule has 8 atom stereocenters. The molecule has 0 aliphatic carbocycles. The van der Waals surface area contributed by atoms with Crippen LogP contribution in [0.5, 0.6) is 0 Å². The molecule has 28 N–H and O–H groups in total. The van der Waals surface area contributed by atoms with Gasteiger partial charge in [0.1, 0.15) is 48.3 Å². The Hall–Kier alpha value is -9.41. The summed E-state index contributed by atoms with van der Waals surface area (Å²) >= 11 is 0. The van der Waals surface area contributed by atoms with E-state index in [9.17, 15) is 81.8 Å². The molecule has 40 nitrogen and oxygen atoms in total.